The molecule has 2 aromatic rings. The highest BCUT2D eigenvalue weighted by Gasteiger charge is 2.18. The van der Waals surface area contributed by atoms with Crippen molar-refractivity contribution in [1.29, 1.82) is 0 Å². The third-order valence-electron chi connectivity index (χ3n) is 4.14. The molecule has 6 nitrogen and oxygen atoms in total. The molecule has 0 aliphatic carbocycles. The summed E-state index contributed by atoms with van der Waals surface area (Å²) in [5.41, 5.74) is 2.22. The van der Waals surface area contributed by atoms with Crippen LogP contribution in [0.5, 0.6) is 5.75 Å². The molecule has 0 radical (unpaired) electrons. The Morgan fingerprint density at radius 3 is 2.38 bits per heavy atom. The van der Waals surface area contributed by atoms with Crippen LogP contribution < -0.4 is 14.8 Å². The number of nitrogens with one attached hydrogen (secondary N) is 2. The fourth-order valence-corrected chi connectivity index (χ4v) is 4.51. The third-order valence-corrected chi connectivity index (χ3v) is 5.90. The molecule has 0 saturated heterocycles. The van der Waals surface area contributed by atoms with E-state index in [2.05, 4.69) is 10.0 Å². The van der Waals surface area contributed by atoms with Crippen molar-refractivity contribution in [3.05, 3.63) is 64.2 Å². The predicted molar refractivity (Wildman–Crippen MR) is 115 cm³/mol. The van der Waals surface area contributed by atoms with Crippen LogP contribution in [0.3, 0.4) is 0 Å². The highest BCUT2D eigenvalue weighted by molar-refractivity contribution is 7.88. The van der Waals surface area contributed by atoms with Crippen LogP contribution in [0.2, 0.25) is 5.02 Å². The van der Waals surface area contributed by atoms with Gasteiger partial charge in [0.25, 0.3) is 5.91 Å². The van der Waals surface area contributed by atoms with Gasteiger partial charge in [-0.25, -0.2) is 13.1 Å². The summed E-state index contributed by atoms with van der Waals surface area (Å²) in [4.78, 5) is 12.4. The van der Waals surface area contributed by atoms with Crippen molar-refractivity contribution >= 4 is 27.5 Å². The summed E-state index contributed by atoms with van der Waals surface area (Å²) in [5.74, 6) is 0.147. The van der Waals surface area contributed by atoms with Crippen LogP contribution in [0.25, 0.3) is 0 Å². The zero-order chi connectivity index (χ0) is 21.6. The van der Waals surface area contributed by atoms with E-state index in [4.69, 9.17) is 16.3 Å². The summed E-state index contributed by atoms with van der Waals surface area (Å²) in [6.45, 7) is 7.26. The molecule has 8 heteroatoms. The minimum atomic E-state index is -3.46. The Morgan fingerprint density at radius 1 is 1.10 bits per heavy atom. The lowest BCUT2D eigenvalue weighted by atomic mass is 10.1. The number of carbonyl (C=O) groups excluding carboxylic acids is 1. The van der Waals surface area contributed by atoms with Gasteiger partial charge < -0.3 is 10.1 Å². The first-order chi connectivity index (χ1) is 13.6. The number of hydrogen-bond acceptors (Lipinski definition) is 4. The second-order valence-electron chi connectivity index (χ2n) is 7.19. The molecular weight excluding hydrogens is 412 g/mol. The van der Waals surface area contributed by atoms with Crippen molar-refractivity contribution in [2.75, 3.05) is 0 Å². The Morgan fingerprint density at radius 2 is 1.76 bits per heavy atom. The monoisotopic (exact) mass is 438 g/mol. The van der Waals surface area contributed by atoms with Gasteiger partial charge in [-0.3, -0.25) is 4.79 Å². The second kappa shape index (κ2) is 10.1. The van der Waals surface area contributed by atoms with Crippen LogP contribution in [0, 0.1) is 6.92 Å². The van der Waals surface area contributed by atoms with Gasteiger partial charge in [0, 0.05) is 17.6 Å². The average Bonchev–Trinajstić information content (AvgIpc) is 2.61. The van der Waals surface area contributed by atoms with Gasteiger partial charge in [0.2, 0.25) is 10.0 Å². The van der Waals surface area contributed by atoms with E-state index in [1.165, 1.54) is 0 Å². The zero-order valence-corrected chi connectivity index (χ0v) is 18.6. The van der Waals surface area contributed by atoms with Crippen molar-refractivity contribution in [1.82, 2.24) is 10.0 Å². The predicted octanol–water partition coefficient (Wildman–Crippen LogP) is 3.56. The first-order valence-corrected chi connectivity index (χ1v) is 11.4. The van der Waals surface area contributed by atoms with Crippen molar-refractivity contribution in [2.45, 2.75) is 52.1 Å². The van der Waals surface area contributed by atoms with Gasteiger partial charge in [0.1, 0.15) is 5.75 Å². The highest BCUT2D eigenvalue weighted by atomic mass is 35.5. The second-order valence-corrected chi connectivity index (χ2v) is 9.38. The summed E-state index contributed by atoms with van der Waals surface area (Å²) < 4.78 is 32.8. The Labute approximate surface area is 177 Å². The minimum absolute atomic E-state index is 0.146. The molecule has 0 aromatic heterocycles. The van der Waals surface area contributed by atoms with E-state index in [0.29, 0.717) is 16.3 Å². The molecular formula is C21H27ClN2O4S. The Kier molecular flexibility index (Phi) is 8.07. The van der Waals surface area contributed by atoms with E-state index in [0.717, 1.165) is 11.1 Å². The van der Waals surface area contributed by atoms with E-state index in [1.807, 2.05) is 13.0 Å². The fourth-order valence-electron chi connectivity index (χ4n) is 2.79. The van der Waals surface area contributed by atoms with Crippen molar-refractivity contribution < 1.29 is 17.9 Å². The van der Waals surface area contributed by atoms with Crippen molar-refractivity contribution in [2.24, 2.45) is 0 Å². The molecule has 2 N–H and O–H groups in total. The molecule has 0 aliphatic heterocycles. The summed E-state index contributed by atoms with van der Waals surface area (Å²) in [6.07, 6.45) is -0.714. The summed E-state index contributed by atoms with van der Waals surface area (Å²) in [6, 6.07) is 12.2. The van der Waals surface area contributed by atoms with E-state index in [-0.39, 0.29) is 24.2 Å². The number of carbonyl (C=O) groups is 1. The molecule has 0 fully saturated rings. The maximum absolute atomic E-state index is 12.4. The molecule has 2 aromatic carbocycles. The molecule has 0 saturated carbocycles. The first kappa shape index (κ1) is 23.2. The molecule has 0 heterocycles. The number of benzene rings is 2. The SMILES string of the molecule is Cc1cc(Cl)ccc1OC(C)C(=O)NCc1ccccc1CS(=O)(=O)NC(C)C. The number of aryl methyl sites for hydroxylation is 1. The molecule has 158 valence electrons. The van der Waals surface area contributed by atoms with Gasteiger partial charge >= 0.3 is 0 Å². The number of sulfonamides is 1. The largest absolute Gasteiger partial charge is 0.481 e. The zero-order valence-electron chi connectivity index (χ0n) is 17.0. The van der Waals surface area contributed by atoms with Gasteiger partial charge in [0.15, 0.2) is 6.10 Å². The standard InChI is InChI=1S/C21H27ClN2O4S/c1-14(2)24-29(26,27)13-18-8-6-5-7-17(18)12-23-21(25)16(4)28-20-10-9-19(22)11-15(20)3/h5-11,14,16,24H,12-13H2,1-4H3,(H,23,25). The minimum Gasteiger partial charge on any atom is -0.481 e. The lowest BCUT2D eigenvalue weighted by Crippen LogP contribution is -2.36. The smallest absolute Gasteiger partial charge is 0.261 e. The van der Waals surface area contributed by atoms with Crippen LogP contribution in [-0.2, 0) is 27.1 Å². The summed E-state index contributed by atoms with van der Waals surface area (Å²) in [5, 5.41) is 3.41. The number of halogens is 1. The van der Waals surface area contributed by atoms with E-state index in [1.54, 1.807) is 57.2 Å². The van der Waals surface area contributed by atoms with Crippen molar-refractivity contribution in [3.63, 3.8) is 0 Å². The lowest BCUT2D eigenvalue weighted by molar-refractivity contribution is -0.127. The number of ether oxygens (including phenoxy) is 1. The number of hydrogen-bond donors (Lipinski definition) is 2. The normalized spacial score (nSPS) is 12.6. The summed E-state index contributed by atoms with van der Waals surface area (Å²) >= 11 is 5.94. The molecule has 0 bridgehead atoms. The van der Waals surface area contributed by atoms with Crippen LogP contribution in [0.1, 0.15) is 37.5 Å². The molecule has 2 rings (SSSR count). The van der Waals surface area contributed by atoms with Gasteiger partial charge in [-0.15, -0.1) is 0 Å². The summed E-state index contributed by atoms with van der Waals surface area (Å²) in [7, 11) is -3.46. The van der Waals surface area contributed by atoms with Crippen molar-refractivity contribution in [3.8, 4) is 5.75 Å². The van der Waals surface area contributed by atoms with E-state index < -0.39 is 16.1 Å². The molecule has 1 amide bonds. The number of rotatable bonds is 9. The van der Waals surface area contributed by atoms with Crippen LogP contribution in [0.4, 0.5) is 0 Å². The maximum atomic E-state index is 12.4. The Hall–Kier alpha value is -2.09. The quantitative estimate of drug-likeness (QED) is 0.626. The molecule has 1 unspecified atom stereocenters. The first-order valence-electron chi connectivity index (χ1n) is 9.34. The fraction of sp³-hybridized carbons (Fsp3) is 0.381. The van der Waals surface area contributed by atoms with Gasteiger partial charge in [-0.1, -0.05) is 35.9 Å². The Bertz CT molecular complexity index is 961. The highest BCUT2D eigenvalue weighted by Crippen LogP contribution is 2.23. The molecule has 1 atom stereocenters. The van der Waals surface area contributed by atoms with Crippen LogP contribution in [-0.4, -0.2) is 26.5 Å². The third kappa shape index (κ3) is 7.34. The average molecular weight is 439 g/mol. The van der Waals surface area contributed by atoms with Gasteiger partial charge in [0.05, 0.1) is 5.75 Å². The van der Waals surface area contributed by atoms with Gasteiger partial charge in [-0.05, 0) is 62.6 Å². The Balaban J connectivity index is 2.01. The van der Waals surface area contributed by atoms with E-state index >= 15 is 0 Å². The van der Waals surface area contributed by atoms with Crippen LogP contribution in [0.15, 0.2) is 42.5 Å². The number of amides is 1. The molecule has 0 aliphatic rings. The molecule has 29 heavy (non-hydrogen) atoms. The topological polar surface area (TPSA) is 84.5 Å². The van der Waals surface area contributed by atoms with E-state index in [9.17, 15) is 13.2 Å². The van der Waals surface area contributed by atoms with Crippen LogP contribution >= 0.6 is 11.6 Å². The maximum Gasteiger partial charge on any atom is 0.261 e. The lowest BCUT2D eigenvalue weighted by Gasteiger charge is -2.17. The molecule has 0 spiro atoms. The van der Waals surface area contributed by atoms with Gasteiger partial charge in [-0.2, -0.15) is 0 Å².